The highest BCUT2D eigenvalue weighted by Crippen LogP contribution is 2.32. The maximum absolute atomic E-state index is 12.5. The SMILES string of the molecule is Cc1cc(C(=O)/C=C/c2ccc(OCc3ccccc3)c(Cl)c2)c(O)c([N+](=O)[O-])c1. The lowest BCUT2D eigenvalue weighted by Crippen LogP contribution is -1.99. The summed E-state index contributed by atoms with van der Waals surface area (Å²) < 4.78 is 5.72. The number of aromatic hydroxyl groups is 1. The van der Waals surface area contributed by atoms with Gasteiger partial charge in [0, 0.05) is 6.07 Å². The van der Waals surface area contributed by atoms with Gasteiger partial charge in [-0.15, -0.1) is 0 Å². The number of hydrogen-bond acceptors (Lipinski definition) is 5. The van der Waals surface area contributed by atoms with Crippen LogP contribution in [0, 0.1) is 17.0 Å². The van der Waals surface area contributed by atoms with E-state index in [-0.39, 0.29) is 5.56 Å². The molecule has 0 aromatic heterocycles. The van der Waals surface area contributed by atoms with Gasteiger partial charge in [0.15, 0.2) is 5.78 Å². The first-order valence-corrected chi connectivity index (χ1v) is 9.39. The highest BCUT2D eigenvalue weighted by Gasteiger charge is 2.21. The molecule has 152 valence electrons. The molecular weight excluding hydrogens is 406 g/mol. The van der Waals surface area contributed by atoms with Crippen molar-refractivity contribution in [2.24, 2.45) is 0 Å². The van der Waals surface area contributed by atoms with E-state index in [1.165, 1.54) is 24.3 Å². The monoisotopic (exact) mass is 423 g/mol. The number of allylic oxidation sites excluding steroid dienone is 1. The Hall–Kier alpha value is -3.64. The lowest BCUT2D eigenvalue weighted by Gasteiger charge is -2.08. The molecule has 0 bridgehead atoms. The third-order valence-corrected chi connectivity index (χ3v) is 4.61. The molecule has 0 amide bonds. The fourth-order valence-electron chi connectivity index (χ4n) is 2.82. The van der Waals surface area contributed by atoms with Crippen LogP contribution in [0.5, 0.6) is 11.5 Å². The average Bonchev–Trinajstić information content (AvgIpc) is 2.73. The van der Waals surface area contributed by atoms with Crippen molar-refractivity contribution in [3.8, 4) is 11.5 Å². The van der Waals surface area contributed by atoms with Crippen LogP contribution in [0.4, 0.5) is 5.69 Å². The van der Waals surface area contributed by atoms with Crippen LogP contribution in [0.3, 0.4) is 0 Å². The molecule has 1 N–H and O–H groups in total. The van der Waals surface area contributed by atoms with Crippen LogP contribution in [-0.2, 0) is 6.61 Å². The number of ether oxygens (including phenoxy) is 1. The van der Waals surface area contributed by atoms with Crippen LogP contribution in [0.2, 0.25) is 5.02 Å². The van der Waals surface area contributed by atoms with Gasteiger partial charge in [-0.3, -0.25) is 14.9 Å². The zero-order valence-electron chi connectivity index (χ0n) is 16.0. The van der Waals surface area contributed by atoms with Crippen LogP contribution in [0.15, 0.2) is 66.7 Å². The van der Waals surface area contributed by atoms with E-state index in [9.17, 15) is 20.0 Å². The maximum atomic E-state index is 12.5. The van der Waals surface area contributed by atoms with Crippen molar-refractivity contribution in [2.45, 2.75) is 13.5 Å². The second-order valence-corrected chi connectivity index (χ2v) is 7.01. The Balaban J connectivity index is 1.74. The number of nitro benzene ring substituents is 1. The molecule has 0 aliphatic rings. The van der Waals surface area contributed by atoms with Gasteiger partial charge < -0.3 is 9.84 Å². The summed E-state index contributed by atoms with van der Waals surface area (Å²) in [5.41, 5.74) is 1.51. The summed E-state index contributed by atoms with van der Waals surface area (Å²) in [6.45, 7) is 1.99. The Labute approximate surface area is 178 Å². The minimum absolute atomic E-state index is 0.133. The minimum atomic E-state index is -0.725. The van der Waals surface area contributed by atoms with Crippen molar-refractivity contribution in [1.29, 1.82) is 0 Å². The zero-order valence-corrected chi connectivity index (χ0v) is 16.8. The quantitative estimate of drug-likeness (QED) is 0.226. The van der Waals surface area contributed by atoms with Gasteiger partial charge in [0.05, 0.1) is 15.5 Å². The Morgan fingerprint density at radius 2 is 1.90 bits per heavy atom. The number of ketones is 1. The van der Waals surface area contributed by atoms with Gasteiger partial charge in [-0.2, -0.15) is 0 Å². The molecule has 3 aromatic rings. The van der Waals surface area contributed by atoms with E-state index < -0.39 is 22.1 Å². The van der Waals surface area contributed by atoms with Crippen molar-refractivity contribution < 1.29 is 19.6 Å². The summed E-state index contributed by atoms with van der Waals surface area (Å²) in [5, 5.41) is 21.5. The Morgan fingerprint density at radius 3 is 2.57 bits per heavy atom. The standard InChI is InChI=1S/C23H18ClNO5/c1-15-11-18(23(27)20(12-15)25(28)29)21(26)9-7-16-8-10-22(19(24)13-16)30-14-17-5-3-2-4-6-17/h2-13,27H,14H2,1H3/b9-7+. The normalized spacial score (nSPS) is 10.9. The number of carbonyl (C=O) groups is 1. The molecule has 0 fully saturated rings. The number of aryl methyl sites for hydroxylation is 1. The summed E-state index contributed by atoms with van der Waals surface area (Å²) >= 11 is 6.27. The van der Waals surface area contributed by atoms with Gasteiger partial charge in [0.25, 0.3) is 0 Å². The van der Waals surface area contributed by atoms with Crippen LogP contribution in [-0.4, -0.2) is 15.8 Å². The van der Waals surface area contributed by atoms with Crippen molar-refractivity contribution in [2.75, 3.05) is 0 Å². The third-order valence-electron chi connectivity index (χ3n) is 4.32. The fourth-order valence-corrected chi connectivity index (χ4v) is 3.07. The number of carbonyl (C=O) groups excluding carboxylic acids is 1. The molecule has 30 heavy (non-hydrogen) atoms. The molecule has 0 saturated carbocycles. The van der Waals surface area contributed by atoms with Crippen LogP contribution < -0.4 is 4.74 Å². The van der Waals surface area contributed by atoms with E-state index in [0.29, 0.717) is 28.5 Å². The number of phenols is 1. The molecule has 6 nitrogen and oxygen atoms in total. The Bertz CT molecular complexity index is 1130. The van der Waals surface area contributed by atoms with E-state index in [0.717, 1.165) is 5.56 Å². The first-order valence-electron chi connectivity index (χ1n) is 9.02. The number of rotatable bonds is 7. The van der Waals surface area contributed by atoms with E-state index in [1.807, 2.05) is 30.3 Å². The van der Waals surface area contributed by atoms with Gasteiger partial charge in [-0.25, -0.2) is 0 Å². The number of phenolic OH excluding ortho intramolecular Hbond substituents is 1. The van der Waals surface area contributed by atoms with Crippen LogP contribution in [0.25, 0.3) is 6.08 Å². The second-order valence-electron chi connectivity index (χ2n) is 6.60. The van der Waals surface area contributed by atoms with Gasteiger partial charge in [0.1, 0.15) is 12.4 Å². The fraction of sp³-hybridized carbons (Fsp3) is 0.0870. The highest BCUT2D eigenvalue weighted by atomic mass is 35.5. The van der Waals surface area contributed by atoms with Gasteiger partial charge >= 0.3 is 5.69 Å². The minimum Gasteiger partial charge on any atom is -0.502 e. The number of nitrogens with zero attached hydrogens (tertiary/aromatic N) is 1. The molecule has 0 radical (unpaired) electrons. The van der Waals surface area contributed by atoms with Crippen LogP contribution in [0.1, 0.15) is 27.0 Å². The molecular formula is C23H18ClNO5. The Kier molecular flexibility index (Phi) is 6.49. The molecule has 0 unspecified atom stereocenters. The molecule has 3 aromatic carbocycles. The van der Waals surface area contributed by atoms with Crippen LogP contribution >= 0.6 is 11.6 Å². The van der Waals surface area contributed by atoms with Gasteiger partial charge in [-0.05, 0) is 47.9 Å². The van der Waals surface area contributed by atoms with E-state index >= 15 is 0 Å². The first-order chi connectivity index (χ1) is 14.3. The van der Waals surface area contributed by atoms with Gasteiger partial charge in [0.2, 0.25) is 5.75 Å². The largest absolute Gasteiger partial charge is 0.502 e. The maximum Gasteiger partial charge on any atom is 0.311 e. The lowest BCUT2D eigenvalue weighted by atomic mass is 10.0. The molecule has 0 atom stereocenters. The molecule has 0 aliphatic carbocycles. The number of benzene rings is 3. The summed E-state index contributed by atoms with van der Waals surface area (Å²) in [6.07, 6.45) is 2.75. The molecule has 0 heterocycles. The molecule has 0 spiro atoms. The number of hydrogen-bond donors (Lipinski definition) is 1. The van der Waals surface area contributed by atoms with Crippen molar-refractivity contribution in [3.05, 3.63) is 104 Å². The summed E-state index contributed by atoms with van der Waals surface area (Å²) in [7, 11) is 0. The lowest BCUT2D eigenvalue weighted by molar-refractivity contribution is -0.385. The van der Waals surface area contributed by atoms with E-state index in [4.69, 9.17) is 16.3 Å². The van der Waals surface area contributed by atoms with Crippen molar-refractivity contribution in [3.63, 3.8) is 0 Å². The predicted molar refractivity (Wildman–Crippen MR) is 115 cm³/mol. The first kappa shape index (κ1) is 21.1. The summed E-state index contributed by atoms with van der Waals surface area (Å²) in [4.78, 5) is 22.8. The van der Waals surface area contributed by atoms with Gasteiger partial charge in [-0.1, -0.05) is 54.1 Å². The topological polar surface area (TPSA) is 89.7 Å². The molecule has 7 heteroatoms. The predicted octanol–water partition coefficient (Wildman–Crippen LogP) is 5.74. The average molecular weight is 424 g/mol. The highest BCUT2D eigenvalue weighted by molar-refractivity contribution is 6.32. The van der Waals surface area contributed by atoms with E-state index in [1.54, 1.807) is 25.1 Å². The Morgan fingerprint density at radius 1 is 1.17 bits per heavy atom. The summed E-state index contributed by atoms with van der Waals surface area (Å²) in [6, 6.07) is 17.4. The molecule has 0 saturated heterocycles. The van der Waals surface area contributed by atoms with Crippen molar-refractivity contribution >= 4 is 29.1 Å². The van der Waals surface area contributed by atoms with Crippen molar-refractivity contribution in [1.82, 2.24) is 0 Å². The van der Waals surface area contributed by atoms with E-state index in [2.05, 4.69) is 0 Å². The zero-order chi connectivity index (χ0) is 21.7. The smallest absolute Gasteiger partial charge is 0.311 e. The summed E-state index contributed by atoms with van der Waals surface area (Å²) in [5.74, 6) is -0.696. The second kappa shape index (κ2) is 9.24. The molecule has 0 aliphatic heterocycles. The molecule has 3 rings (SSSR count). The third kappa shape index (κ3) is 5.04. The number of halogens is 1. The number of nitro groups is 1.